The topological polar surface area (TPSA) is 75.6 Å². The van der Waals surface area contributed by atoms with Crippen LogP contribution in [0.4, 0.5) is 4.79 Å². The Balaban J connectivity index is 2.62. The van der Waals surface area contributed by atoms with Gasteiger partial charge in [0.2, 0.25) is 0 Å². The van der Waals surface area contributed by atoms with Gasteiger partial charge in [-0.05, 0) is 51.1 Å². The number of hydrogen-bond acceptors (Lipinski definition) is 4. The summed E-state index contributed by atoms with van der Waals surface area (Å²) in [4.78, 5) is 24.1. The van der Waals surface area contributed by atoms with Crippen molar-refractivity contribution in [2.24, 2.45) is 5.92 Å². The van der Waals surface area contributed by atoms with Gasteiger partial charge >= 0.3 is 12.1 Å². The van der Waals surface area contributed by atoms with Crippen molar-refractivity contribution in [1.29, 1.82) is 0 Å². The summed E-state index contributed by atoms with van der Waals surface area (Å²) < 4.78 is 5.11. The zero-order valence-corrected chi connectivity index (χ0v) is 14.2. The van der Waals surface area contributed by atoms with Gasteiger partial charge in [0.25, 0.3) is 0 Å². The third kappa shape index (κ3) is 6.85. The maximum atomic E-state index is 11.6. The van der Waals surface area contributed by atoms with Crippen LogP contribution in [0.3, 0.4) is 0 Å². The molecule has 122 valence electrons. The summed E-state index contributed by atoms with van der Waals surface area (Å²) in [6, 6.07) is 7.74. The minimum absolute atomic E-state index is 0.0355. The molecule has 0 spiro atoms. The third-order valence-electron chi connectivity index (χ3n) is 2.86. The van der Waals surface area contributed by atoms with E-state index in [9.17, 15) is 14.7 Å². The number of benzene rings is 1. The number of nitrogens with one attached hydrogen (secondary N) is 1. The predicted octanol–water partition coefficient (Wildman–Crippen LogP) is 3.18. The fraction of sp³-hybridized carbons (Fsp3) is 0.500. The van der Waals surface area contributed by atoms with Crippen LogP contribution < -0.4 is 5.32 Å². The van der Waals surface area contributed by atoms with E-state index in [1.807, 2.05) is 30.5 Å². The largest absolute Gasteiger partial charge is 0.481 e. The molecule has 0 fully saturated rings. The molecule has 0 bridgehead atoms. The number of ether oxygens (including phenoxy) is 1. The molecule has 0 aromatic heterocycles. The molecule has 1 amide bonds. The lowest BCUT2D eigenvalue weighted by atomic mass is 9.99. The molecule has 6 heteroatoms. The molecular weight excluding hydrogens is 302 g/mol. The van der Waals surface area contributed by atoms with Crippen LogP contribution in [0.2, 0.25) is 0 Å². The van der Waals surface area contributed by atoms with Gasteiger partial charge in [0.05, 0.1) is 5.92 Å². The molecular formula is C16H23NO4S. The lowest BCUT2D eigenvalue weighted by Crippen LogP contribution is -2.37. The lowest BCUT2D eigenvalue weighted by molar-refractivity contribution is -0.141. The molecule has 1 atom stereocenters. The first-order chi connectivity index (χ1) is 10.2. The van der Waals surface area contributed by atoms with E-state index < -0.39 is 23.6 Å². The number of carbonyl (C=O) groups is 2. The fourth-order valence-electron chi connectivity index (χ4n) is 1.85. The van der Waals surface area contributed by atoms with E-state index in [-0.39, 0.29) is 6.54 Å². The molecule has 0 heterocycles. The number of hydrogen-bond donors (Lipinski definition) is 2. The average Bonchev–Trinajstić information content (AvgIpc) is 2.41. The maximum absolute atomic E-state index is 11.6. The van der Waals surface area contributed by atoms with Gasteiger partial charge in [-0.15, -0.1) is 11.8 Å². The Kier molecular flexibility index (Phi) is 6.74. The van der Waals surface area contributed by atoms with Crippen molar-refractivity contribution in [2.75, 3.05) is 12.8 Å². The number of alkyl carbamates (subject to hydrolysis) is 1. The van der Waals surface area contributed by atoms with Crippen LogP contribution in [0.5, 0.6) is 0 Å². The number of aliphatic carboxylic acids is 1. The van der Waals surface area contributed by atoms with E-state index in [1.54, 1.807) is 32.5 Å². The molecule has 0 saturated carbocycles. The minimum Gasteiger partial charge on any atom is -0.481 e. The third-order valence-corrected chi connectivity index (χ3v) is 3.58. The molecule has 0 aliphatic heterocycles. The zero-order chi connectivity index (χ0) is 16.8. The van der Waals surface area contributed by atoms with Crippen LogP contribution in [0.25, 0.3) is 0 Å². The second-order valence-electron chi connectivity index (χ2n) is 5.97. The SMILES string of the molecule is CSc1cccc(C[C@H](CNC(=O)OC(C)(C)C)C(=O)O)c1. The molecule has 0 radical (unpaired) electrons. The number of carboxylic acid groups (broad SMARTS) is 1. The van der Waals surface area contributed by atoms with Gasteiger partial charge in [-0.1, -0.05) is 12.1 Å². The number of carboxylic acids is 1. The van der Waals surface area contributed by atoms with Gasteiger partial charge in [0, 0.05) is 11.4 Å². The Bertz CT molecular complexity index is 525. The Hall–Kier alpha value is -1.69. The predicted molar refractivity (Wildman–Crippen MR) is 87.3 cm³/mol. The summed E-state index contributed by atoms with van der Waals surface area (Å²) in [5, 5.41) is 11.8. The first kappa shape index (κ1) is 18.4. The van der Waals surface area contributed by atoms with E-state index in [2.05, 4.69) is 5.32 Å². The summed E-state index contributed by atoms with van der Waals surface area (Å²) in [6.45, 7) is 5.31. The second kappa shape index (κ2) is 8.08. The van der Waals surface area contributed by atoms with E-state index in [0.29, 0.717) is 6.42 Å². The van der Waals surface area contributed by atoms with Gasteiger partial charge in [0.15, 0.2) is 0 Å². The monoisotopic (exact) mass is 325 g/mol. The molecule has 2 N–H and O–H groups in total. The van der Waals surface area contributed by atoms with Crippen LogP contribution in [-0.2, 0) is 16.0 Å². The summed E-state index contributed by atoms with van der Waals surface area (Å²) >= 11 is 1.61. The van der Waals surface area contributed by atoms with Crippen molar-refractivity contribution in [3.05, 3.63) is 29.8 Å². The van der Waals surface area contributed by atoms with Crippen molar-refractivity contribution in [1.82, 2.24) is 5.32 Å². The quantitative estimate of drug-likeness (QED) is 0.786. The zero-order valence-electron chi connectivity index (χ0n) is 13.4. The van der Waals surface area contributed by atoms with Crippen molar-refractivity contribution >= 4 is 23.8 Å². The minimum atomic E-state index is -0.939. The van der Waals surface area contributed by atoms with E-state index in [1.165, 1.54) is 0 Å². The number of thioether (sulfide) groups is 1. The number of amides is 1. The van der Waals surface area contributed by atoms with Crippen LogP contribution in [0.1, 0.15) is 26.3 Å². The fourth-order valence-corrected chi connectivity index (χ4v) is 2.34. The highest BCUT2D eigenvalue weighted by Gasteiger charge is 2.21. The highest BCUT2D eigenvalue weighted by atomic mass is 32.2. The van der Waals surface area contributed by atoms with Crippen molar-refractivity contribution in [2.45, 2.75) is 37.7 Å². The Labute approximate surface area is 135 Å². The average molecular weight is 325 g/mol. The van der Waals surface area contributed by atoms with E-state index in [0.717, 1.165) is 10.5 Å². The van der Waals surface area contributed by atoms with Gasteiger partial charge in [0.1, 0.15) is 5.60 Å². The van der Waals surface area contributed by atoms with Crippen LogP contribution in [-0.4, -0.2) is 35.6 Å². The smallest absolute Gasteiger partial charge is 0.407 e. The summed E-state index contributed by atoms with van der Waals surface area (Å²) in [7, 11) is 0. The molecule has 1 aromatic rings. The lowest BCUT2D eigenvalue weighted by Gasteiger charge is -2.21. The van der Waals surface area contributed by atoms with Gasteiger partial charge < -0.3 is 15.2 Å². The summed E-state index contributed by atoms with van der Waals surface area (Å²) in [5.41, 5.74) is 0.334. The molecule has 22 heavy (non-hydrogen) atoms. The van der Waals surface area contributed by atoms with Crippen molar-refractivity contribution in [3.63, 3.8) is 0 Å². The summed E-state index contributed by atoms with van der Waals surface area (Å²) in [6.07, 6.45) is 1.73. The molecule has 0 aliphatic carbocycles. The van der Waals surface area contributed by atoms with E-state index >= 15 is 0 Å². The maximum Gasteiger partial charge on any atom is 0.407 e. The second-order valence-corrected chi connectivity index (χ2v) is 6.85. The van der Waals surface area contributed by atoms with Gasteiger partial charge in [-0.2, -0.15) is 0 Å². The molecule has 1 rings (SSSR count). The Morgan fingerprint density at radius 1 is 1.36 bits per heavy atom. The first-order valence-electron chi connectivity index (χ1n) is 7.04. The highest BCUT2D eigenvalue weighted by molar-refractivity contribution is 7.98. The van der Waals surface area contributed by atoms with Gasteiger partial charge in [-0.25, -0.2) is 4.79 Å². The number of carbonyl (C=O) groups excluding carboxylic acids is 1. The number of rotatable bonds is 6. The Morgan fingerprint density at radius 3 is 2.59 bits per heavy atom. The van der Waals surface area contributed by atoms with Crippen molar-refractivity contribution < 1.29 is 19.4 Å². The van der Waals surface area contributed by atoms with Gasteiger partial charge in [-0.3, -0.25) is 4.79 Å². The summed E-state index contributed by atoms with van der Waals surface area (Å²) in [5.74, 6) is -1.63. The molecule has 0 aliphatic rings. The molecule has 0 saturated heterocycles. The van der Waals surface area contributed by atoms with Crippen molar-refractivity contribution in [3.8, 4) is 0 Å². The van der Waals surface area contributed by atoms with E-state index in [4.69, 9.17) is 4.74 Å². The first-order valence-corrected chi connectivity index (χ1v) is 8.26. The van der Waals surface area contributed by atoms with Crippen LogP contribution in [0, 0.1) is 5.92 Å². The molecule has 5 nitrogen and oxygen atoms in total. The van der Waals surface area contributed by atoms with Crippen LogP contribution >= 0.6 is 11.8 Å². The highest BCUT2D eigenvalue weighted by Crippen LogP contribution is 2.18. The standard InChI is InChI=1S/C16H23NO4S/c1-16(2,3)21-15(20)17-10-12(14(18)19)8-11-6-5-7-13(9-11)22-4/h5-7,9,12H,8,10H2,1-4H3,(H,17,20)(H,18,19)/t12-/m1/s1. The van der Waals surface area contributed by atoms with Crippen LogP contribution in [0.15, 0.2) is 29.2 Å². The molecule has 1 aromatic carbocycles. The Morgan fingerprint density at radius 2 is 2.05 bits per heavy atom. The normalized spacial score (nSPS) is 12.5. The molecule has 0 unspecified atom stereocenters.